The van der Waals surface area contributed by atoms with E-state index in [1.807, 2.05) is 0 Å². The van der Waals surface area contributed by atoms with Crippen molar-refractivity contribution in [1.29, 1.82) is 0 Å². The number of hydrogen-bond acceptors (Lipinski definition) is 3. The number of anilines is 1. The van der Waals surface area contributed by atoms with E-state index in [1.54, 1.807) is 6.92 Å². The van der Waals surface area contributed by atoms with Gasteiger partial charge in [0.1, 0.15) is 22.1 Å². The Morgan fingerprint density at radius 1 is 1.52 bits per heavy atom. The molecule has 1 heterocycles. The normalized spacial score (nSPS) is 18.1. The lowest BCUT2D eigenvalue weighted by Crippen LogP contribution is -2.41. The zero-order chi connectivity index (χ0) is 17.1. The number of alkyl halides is 2. The molecule has 1 amide bonds. The van der Waals surface area contributed by atoms with Crippen LogP contribution in [0, 0.1) is 5.82 Å². The number of nitrogens with one attached hydrogen (secondary N) is 2. The van der Waals surface area contributed by atoms with Crippen LogP contribution in [-0.4, -0.2) is 28.5 Å². The lowest BCUT2D eigenvalue weighted by atomic mass is 10.0. The van der Waals surface area contributed by atoms with Gasteiger partial charge in [0, 0.05) is 30.1 Å². The van der Waals surface area contributed by atoms with Gasteiger partial charge >= 0.3 is 0 Å². The Hall–Kier alpha value is -2.09. The van der Waals surface area contributed by atoms with Crippen molar-refractivity contribution < 1.29 is 23.1 Å². The number of benzene rings is 1. The molecule has 2 rings (SSSR count). The topological polar surface area (TPSA) is 61.4 Å². The van der Waals surface area contributed by atoms with E-state index in [1.165, 1.54) is 12.1 Å². The van der Waals surface area contributed by atoms with Gasteiger partial charge in [-0.1, -0.05) is 18.3 Å². The van der Waals surface area contributed by atoms with Gasteiger partial charge in [-0.2, -0.15) is 0 Å². The minimum absolute atomic E-state index is 0.0435. The van der Waals surface area contributed by atoms with E-state index in [9.17, 15) is 23.1 Å². The summed E-state index contributed by atoms with van der Waals surface area (Å²) in [5.41, 5.74) is -0.318. The third-order valence-electron chi connectivity index (χ3n) is 3.35. The quantitative estimate of drug-likeness (QED) is 0.735. The molecule has 1 aliphatic heterocycles. The largest absolute Gasteiger partial charge is 0.511 e. The number of carbonyl (C=O) groups is 1. The molecular formula is C15H15F3N2O2S. The highest BCUT2D eigenvalue weighted by molar-refractivity contribution is 7.81. The Balaban J connectivity index is 2.29. The maximum absolute atomic E-state index is 13.8. The van der Waals surface area contributed by atoms with Crippen molar-refractivity contribution in [2.45, 2.75) is 32.2 Å². The Labute approximate surface area is 136 Å². The summed E-state index contributed by atoms with van der Waals surface area (Å²) < 4.78 is 38.9. The summed E-state index contributed by atoms with van der Waals surface area (Å²) in [5, 5.41) is 15.1. The van der Waals surface area contributed by atoms with E-state index < -0.39 is 24.6 Å². The maximum atomic E-state index is 13.8. The van der Waals surface area contributed by atoms with Crippen molar-refractivity contribution in [3.8, 4) is 0 Å². The number of carbonyl (C=O) groups excluding carboxylic acids is 1. The van der Waals surface area contributed by atoms with Crippen molar-refractivity contribution in [2.75, 3.05) is 5.32 Å². The van der Waals surface area contributed by atoms with Crippen molar-refractivity contribution in [2.24, 2.45) is 0 Å². The minimum Gasteiger partial charge on any atom is -0.511 e. The van der Waals surface area contributed by atoms with Crippen molar-refractivity contribution in [1.82, 2.24) is 5.32 Å². The molecule has 0 fully saturated rings. The summed E-state index contributed by atoms with van der Waals surface area (Å²) in [6, 6.07) is 3.55. The average molecular weight is 344 g/mol. The molecule has 0 radical (unpaired) electrons. The van der Waals surface area contributed by atoms with Crippen LogP contribution in [0.5, 0.6) is 0 Å². The van der Waals surface area contributed by atoms with Crippen LogP contribution in [0.15, 0.2) is 29.5 Å². The van der Waals surface area contributed by atoms with E-state index in [0.29, 0.717) is 0 Å². The summed E-state index contributed by atoms with van der Waals surface area (Å²) in [6.07, 6.45) is -3.31. The summed E-state index contributed by atoms with van der Waals surface area (Å²) >= 11 is 5.07. The molecule has 124 valence electrons. The molecule has 1 aliphatic rings. The highest BCUT2D eigenvalue weighted by Crippen LogP contribution is 2.24. The van der Waals surface area contributed by atoms with Crippen LogP contribution in [0.2, 0.25) is 0 Å². The van der Waals surface area contributed by atoms with Crippen LogP contribution >= 0.6 is 12.2 Å². The molecule has 0 saturated heterocycles. The van der Waals surface area contributed by atoms with E-state index in [-0.39, 0.29) is 40.0 Å². The molecule has 23 heavy (non-hydrogen) atoms. The van der Waals surface area contributed by atoms with Crippen molar-refractivity contribution >= 4 is 28.8 Å². The number of aliphatic hydroxyl groups excluding tert-OH is 1. The standard InChI is InChI=1S/C15H15F3N2O2S/c1-7-5-11(21)13(14(22)19-7)15(23)20-10-4-2-3-9(16)8(10)6-12(17)18/h2-4,7,12,21H,5-6H2,1H3,(H,19,22)(H,20,23)/t7-/m1/s1. The molecule has 0 saturated carbocycles. The number of aliphatic hydroxyl groups is 1. The minimum atomic E-state index is -2.73. The van der Waals surface area contributed by atoms with E-state index >= 15 is 0 Å². The molecule has 8 heteroatoms. The zero-order valence-corrected chi connectivity index (χ0v) is 13.0. The van der Waals surface area contributed by atoms with Gasteiger partial charge in [0.15, 0.2) is 0 Å². The first-order valence-electron chi connectivity index (χ1n) is 6.89. The monoisotopic (exact) mass is 344 g/mol. The second kappa shape index (κ2) is 6.99. The van der Waals surface area contributed by atoms with E-state index in [2.05, 4.69) is 10.6 Å². The smallest absolute Gasteiger partial charge is 0.257 e. The molecule has 1 atom stereocenters. The highest BCUT2D eigenvalue weighted by Gasteiger charge is 2.28. The second-order valence-corrected chi connectivity index (χ2v) is 5.62. The van der Waals surface area contributed by atoms with Gasteiger partial charge in [0.25, 0.3) is 5.91 Å². The molecular weight excluding hydrogens is 329 g/mol. The average Bonchev–Trinajstić information content (AvgIpc) is 2.41. The van der Waals surface area contributed by atoms with Crippen molar-refractivity contribution in [3.63, 3.8) is 0 Å². The van der Waals surface area contributed by atoms with E-state index in [0.717, 1.165) is 6.07 Å². The zero-order valence-electron chi connectivity index (χ0n) is 12.2. The number of rotatable bonds is 4. The molecule has 1 aromatic rings. The fourth-order valence-electron chi connectivity index (χ4n) is 2.33. The van der Waals surface area contributed by atoms with Crippen LogP contribution in [-0.2, 0) is 11.2 Å². The van der Waals surface area contributed by atoms with Gasteiger partial charge in [-0.25, -0.2) is 13.2 Å². The van der Waals surface area contributed by atoms with Gasteiger partial charge in [-0.3, -0.25) is 4.79 Å². The highest BCUT2D eigenvalue weighted by atomic mass is 32.1. The molecule has 0 bridgehead atoms. The molecule has 3 N–H and O–H groups in total. The number of thiocarbonyl (C=S) groups is 1. The molecule has 0 spiro atoms. The molecule has 4 nitrogen and oxygen atoms in total. The lowest BCUT2D eigenvalue weighted by Gasteiger charge is -2.23. The van der Waals surface area contributed by atoms with Crippen LogP contribution in [0.4, 0.5) is 18.9 Å². The van der Waals surface area contributed by atoms with Gasteiger partial charge in [0.05, 0.1) is 0 Å². The Kier molecular flexibility index (Phi) is 5.25. The second-order valence-electron chi connectivity index (χ2n) is 5.22. The van der Waals surface area contributed by atoms with Gasteiger partial charge < -0.3 is 15.7 Å². The summed E-state index contributed by atoms with van der Waals surface area (Å²) in [5.74, 6) is -1.55. The molecule has 1 aromatic carbocycles. The SMILES string of the molecule is C[C@@H]1CC(O)=C(C(=S)Nc2cccc(F)c2CC(F)F)C(=O)N1. The van der Waals surface area contributed by atoms with Gasteiger partial charge in [-0.05, 0) is 19.1 Å². The summed E-state index contributed by atoms with van der Waals surface area (Å²) in [6.45, 7) is 1.72. The van der Waals surface area contributed by atoms with Crippen LogP contribution in [0.1, 0.15) is 18.9 Å². The fourth-order valence-corrected chi connectivity index (χ4v) is 2.65. The molecule has 0 unspecified atom stereocenters. The Bertz CT molecular complexity index is 677. The first-order valence-corrected chi connectivity index (χ1v) is 7.30. The molecule has 0 aromatic heterocycles. The predicted octanol–water partition coefficient (Wildman–Crippen LogP) is 3.09. The predicted molar refractivity (Wildman–Crippen MR) is 84.2 cm³/mol. The van der Waals surface area contributed by atoms with Crippen LogP contribution in [0.3, 0.4) is 0 Å². The van der Waals surface area contributed by atoms with E-state index in [4.69, 9.17) is 12.2 Å². The number of amides is 1. The maximum Gasteiger partial charge on any atom is 0.257 e. The fraction of sp³-hybridized carbons (Fsp3) is 0.333. The Morgan fingerprint density at radius 2 is 2.22 bits per heavy atom. The van der Waals surface area contributed by atoms with Gasteiger partial charge in [-0.15, -0.1) is 0 Å². The van der Waals surface area contributed by atoms with Crippen molar-refractivity contribution in [3.05, 3.63) is 40.9 Å². The molecule has 0 aliphatic carbocycles. The first kappa shape index (κ1) is 17.3. The number of hydrogen-bond donors (Lipinski definition) is 3. The Morgan fingerprint density at radius 3 is 2.83 bits per heavy atom. The van der Waals surface area contributed by atoms with Gasteiger partial charge in [0.2, 0.25) is 6.43 Å². The first-order chi connectivity index (χ1) is 10.8. The lowest BCUT2D eigenvalue weighted by molar-refractivity contribution is -0.118. The van der Waals surface area contributed by atoms with Crippen LogP contribution < -0.4 is 10.6 Å². The summed E-state index contributed by atoms with van der Waals surface area (Å²) in [4.78, 5) is 11.8. The van der Waals surface area contributed by atoms with Crippen LogP contribution in [0.25, 0.3) is 0 Å². The summed E-state index contributed by atoms with van der Waals surface area (Å²) in [7, 11) is 0. The third kappa shape index (κ3) is 4.01. The third-order valence-corrected chi connectivity index (χ3v) is 3.65. The number of halogens is 3.